The summed E-state index contributed by atoms with van der Waals surface area (Å²) < 4.78 is 11.1. The van der Waals surface area contributed by atoms with Crippen molar-refractivity contribution in [3.8, 4) is 0 Å². The van der Waals surface area contributed by atoms with Crippen molar-refractivity contribution in [1.82, 2.24) is 4.90 Å². The van der Waals surface area contributed by atoms with Gasteiger partial charge in [-0.25, -0.2) is 0 Å². The Morgan fingerprint density at radius 1 is 0.523 bits per heavy atom. The summed E-state index contributed by atoms with van der Waals surface area (Å²) in [5, 5.41) is 9.47. The number of hydrogen-bond acceptors (Lipinski definition) is 6. The number of rotatable bonds is 35. The van der Waals surface area contributed by atoms with Crippen LogP contribution < -0.4 is 0 Å². The minimum Gasteiger partial charge on any atom is -0.466 e. The molecule has 6 heteroatoms. The third kappa shape index (κ3) is 29.6. The minimum absolute atomic E-state index is 0.0293. The zero-order valence-electron chi connectivity index (χ0n) is 29.7. The molecule has 0 heterocycles. The van der Waals surface area contributed by atoms with Crippen molar-refractivity contribution >= 4 is 11.9 Å². The van der Waals surface area contributed by atoms with Gasteiger partial charge in [0.25, 0.3) is 0 Å². The van der Waals surface area contributed by atoms with Gasteiger partial charge in [-0.2, -0.15) is 0 Å². The van der Waals surface area contributed by atoms with Crippen LogP contribution in [-0.4, -0.2) is 61.4 Å². The molecule has 0 aromatic heterocycles. The minimum atomic E-state index is -0.0293. The standard InChI is InChI=1S/C38H75NO5/c1-4-7-10-12-15-22-29-37(41)43-34-25-18-13-16-23-30-39(32-33-40)31-24-17-14-19-26-35-44-38(42)36(27-20-9-6-3)28-21-11-8-5-2/h36,40H,4-35H2,1-3H3. The normalized spacial score (nSPS) is 12.1. The third-order valence-electron chi connectivity index (χ3n) is 8.79. The second-order valence-corrected chi connectivity index (χ2v) is 13.0. The van der Waals surface area contributed by atoms with E-state index in [1.54, 1.807) is 0 Å². The van der Waals surface area contributed by atoms with E-state index in [1.165, 1.54) is 83.5 Å². The summed E-state index contributed by atoms with van der Waals surface area (Å²) in [5.41, 5.74) is 0. The second kappa shape index (κ2) is 34.7. The number of esters is 2. The third-order valence-corrected chi connectivity index (χ3v) is 8.79. The summed E-state index contributed by atoms with van der Waals surface area (Å²) in [6.45, 7) is 10.8. The van der Waals surface area contributed by atoms with Crippen molar-refractivity contribution < 1.29 is 24.2 Å². The molecule has 0 fully saturated rings. The van der Waals surface area contributed by atoms with Gasteiger partial charge in [-0.3, -0.25) is 9.59 Å². The molecule has 0 spiro atoms. The number of carbonyl (C=O) groups excluding carboxylic acids is 2. The van der Waals surface area contributed by atoms with Gasteiger partial charge < -0.3 is 19.5 Å². The van der Waals surface area contributed by atoms with Crippen molar-refractivity contribution in [2.75, 3.05) is 39.5 Å². The van der Waals surface area contributed by atoms with Gasteiger partial charge in [-0.1, -0.05) is 136 Å². The molecule has 1 unspecified atom stereocenters. The van der Waals surface area contributed by atoms with Gasteiger partial charge in [0.2, 0.25) is 0 Å². The van der Waals surface area contributed by atoms with Gasteiger partial charge in [0.1, 0.15) is 0 Å². The Morgan fingerprint density at radius 2 is 0.955 bits per heavy atom. The smallest absolute Gasteiger partial charge is 0.308 e. The van der Waals surface area contributed by atoms with Crippen molar-refractivity contribution in [3.05, 3.63) is 0 Å². The summed E-state index contributed by atoms with van der Waals surface area (Å²) in [4.78, 5) is 26.9. The first-order chi connectivity index (χ1) is 21.6. The molecule has 1 N–H and O–H groups in total. The van der Waals surface area contributed by atoms with Crippen molar-refractivity contribution in [2.45, 2.75) is 188 Å². The van der Waals surface area contributed by atoms with Crippen LogP contribution in [0.1, 0.15) is 188 Å². The second-order valence-electron chi connectivity index (χ2n) is 13.0. The van der Waals surface area contributed by atoms with Gasteiger partial charge in [0.15, 0.2) is 0 Å². The molecule has 0 saturated heterocycles. The largest absolute Gasteiger partial charge is 0.466 e. The van der Waals surface area contributed by atoms with Gasteiger partial charge in [-0.05, 0) is 58.0 Å². The summed E-state index contributed by atoms with van der Waals surface area (Å²) in [6.07, 6.45) is 29.3. The maximum atomic E-state index is 12.7. The van der Waals surface area contributed by atoms with E-state index in [-0.39, 0.29) is 24.5 Å². The SMILES string of the molecule is CCCCCCCCC(=O)OCCCCCCCN(CCO)CCCCCCCOC(=O)C(CCCCC)CCCCCC. The number of aliphatic hydroxyl groups excluding tert-OH is 1. The summed E-state index contributed by atoms with van der Waals surface area (Å²) in [5.74, 6) is 0.109. The molecule has 0 radical (unpaired) electrons. The van der Waals surface area contributed by atoms with Crippen LogP contribution in [-0.2, 0) is 19.1 Å². The molecule has 0 amide bonds. The lowest BCUT2D eigenvalue weighted by Crippen LogP contribution is -2.29. The molecule has 0 saturated carbocycles. The molecule has 0 aliphatic rings. The molecule has 0 rings (SSSR count). The van der Waals surface area contributed by atoms with Gasteiger partial charge in [-0.15, -0.1) is 0 Å². The van der Waals surface area contributed by atoms with Gasteiger partial charge in [0, 0.05) is 13.0 Å². The maximum Gasteiger partial charge on any atom is 0.308 e. The van der Waals surface area contributed by atoms with Crippen LogP contribution in [0.4, 0.5) is 0 Å². The number of carbonyl (C=O) groups is 2. The fraction of sp³-hybridized carbons (Fsp3) is 0.947. The quantitative estimate of drug-likeness (QED) is 0.0558. The Bertz CT molecular complexity index is 614. The summed E-state index contributed by atoms with van der Waals surface area (Å²) in [6, 6.07) is 0. The predicted molar refractivity (Wildman–Crippen MR) is 186 cm³/mol. The average Bonchev–Trinajstić information content (AvgIpc) is 3.02. The highest BCUT2D eigenvalue weighted by Gasteiger charge is 2.19. The molecule has 0 aliphatic heterocycles. The number of hydrogen-bond donors (Lipinski definition) is 1. The molecule has 0 aromatic carbocycles. The molecule has 0 bridgehead atoms. The van der Waals surface area contributed by atoms with Crippen molar-refractivity contribution in [3.63, 3.8) is 0 Å². The van der Waals surface area contributed by atoms with Crippen LogP contribution in [0.15, 0.2) is 0 Å². The molecular weight excluding hydrogens is 550 g/mol. The van der Waals surface area contributed by atoms with Crippen LogP contribution >= 0.6 is 0 Å². The van der Waals surface area contributed by atoms with E-state index >= 15 is 0 Å². The van der Waals surface area contributed by atoms with Crippen LogP contribution in [0.25, 0.3) is 0 Å². The van der Waals surface area contributed by atoms with E-state index in [9.17, 15) is 14.7 Å². The van der Waals surface area contributed by atoms with Crippen LogP contribution in [0, 0.1) is 5.92 Å². The molecule has 0 aliphatic carbocycles. The highest BCUT2D eigenvalue weighted by atomic mass is 16.5. The van der Waals surface area contributed by atoms with Crippen LogP contribution in [0.5, 0.6) is 0 Å². The Morgan fingerprint density at radius 3 is 1.52 bits per heavy atom. The molecule has 6 nitrogen and oxygen atoms in total. The van der Waals surface area contributed by atoms with E-state index in [4.69, 9.17) is 9.47 Å². The van der Waals surface area contributed by atoms with Crippen molar-refractivity contribution in [1.29, 1.82) is 0 Å². The first-order valence-electron chi connectivity index (χ1n) is 19.2. The molecule has 262 valence electrons. The van der Waals surface area contributed by atoms with Crippen LogP contribution in [0.2, 0.25) is 0 Å². The first-order valence-corrected chi connectivity index (χ1v) is 19.2. The topological polar surface area (TPSA) is 76.1 Å². The highest BCUT2D eigenvalue weighted by molar-refractivity contribution is 5.72. The fourth-order valence-electron chi connectivity index (χ4n) is 5.85. The molecule has 44 heavy (non-hydrogen) atoms. The van der Waals surface area contributed by atoms with Gasteiger partial charge >= 0.3 is 11.9 Å². The average molecular weight is 626 g/mol. The number of unbranched alkanes of at least 4 members (excludes halogenated alkanes) is 18. The predicted octanol–water partition coefficient (Wildman–Crippen LogP) is 10.2. The van der Waals surface area contributed by atoms with Gasteiger partial charge in [0.05, 0.1) is 25.7 Å². The van der Waals surface area contributed by atoms with E-state index < -0.39 is 0 Å². The lowest BCUT2D eigenvalue weighted by molar-refractivity contribution is -0.149. The Balaban J connectivity index is 3.80. The Hall–Kier alpha value is -1.14. The number of ether oxygens (including phenoxy) is 2. The zero-order chi connectivity index (χ0) is 32.4. The van der Waals surface area contributed by atoms with E-state index in [0.717, 1.165) is 96.7 Å². The van der Waals surface area contributed by atoms with E-state index in [1.807, 2.05) is 0 Å². The lowest BCUT2D eigenvalue weighted by atomic mass is 9.95. The molecule has 0 aromatic rings. The Labute approximate surface area is 273 Å². The summed E-state index contributed by atoms with van der Waals surface area (Å²) >= 11 is 0. The fourth-order valence-corrected chi connectivity index (χ4v) is 5.85. The van der Waals surface area contributed by atoms with E-state index in [2.05, 4.69) is 25.7 Å². The first kappa shape index (κ1) is 42.9. The van der Waals surface area contributed by atoms with Crippen molar-refractivity contribution in [2.24, 2.45) is 5.92 Å². The Kier molecular flexibility index (Phi) is 33.8. The number of nitrogens with zero attached hydrogens (tertiary/aromatic N) is 1. The summed E-state index contributed by atoms with van der Waals surface area (Å²) in [7, 11) is 0. The van der Waals surface area contributed by atoms with E-state index in [0.29, 0.717) is 19.6 Å². The lowest BCUT2D eigenvalue weighted by Gasteiger charge is -2.21. The molecular formula is C38H75NO5. The monoisotopic (exact) mass is 626 g/mol. The zero-order valence-corrected chi connectivity index (χ0v) is 29.7. The molecule has 1 atom stereocenters. The van der Waals surface area contributed by atoms with Crippen LogP contribution in [0.3, 0.4) is 0 Å². The highest BCUT2D eigenvalue weighted by Crippen LogP contribution is 2.20. The maximum absolute atomic E-state index is 12.7. The number of aliphatic hydroxyl groups is 1.